The molecule has 0 saturated heterocycles. The van der Waals surface area contributed by atoms with E-state index >= 15 is 0 Å². The summed E-state index contributed by atoms with van der Waals surface area (Å²) in [5, 5.41) is 0. The van der Waals surface area contributed by atoms with Crippen molar-refractivity contribution in [1.29, 1.82) is 0 Å². The lowest BCUT2D eigenvalue weighted by atomic mass is 10.6. The van der Waals surface area contributed by atoms with E-state index in [1.165, 1.54) is 0 Å². The second kappa shape index (κ2) is 3.67. The third-order valence-electron chi connectivity index (χ3n) is 1.10. The van der Waals surface area contributed by atoms with Gasteiger partial charge in [0, 0.05) is 31.8 Å². The lowest BCUT2D eigenvalue weighted by Crippen LogP contribution is -1.80. The molecule has 52 valence electrons. The third-order valence-corrected chi connectivity index (χ3v) is 1.10. The fourth-order valence-corrected chi connectivity index (χ4v) is 0.592. The molecule has 0 radical (unpaired) electrons. The summed E-state index contributed by atoms with van der Waals surface area (Å²) in [6, 6.07) is 5.79. The minimum absolute atomic E-state index is 1.75. The number of aryl methyl sites for hydroxylation is 1. The van der Waals surface area contributed by atoms with Crippen LogP contribution in [0, 0.1) is 0 Å². The van der Waals surface area contributed by atoms with Gasteiger partial charge in [-0.05, 0) is 12.1 Å². The first-order valence-corrected chi connectivity index (χ1v) is 3.15. The van der Waals surface area contributed by atoms with Crippen LogP contribution in [0.15, 0.2) is 43.0 Å². The van der Waals surface area contributed by atoms with Gasteiger partial charge >= 0.3 is 0 Å². The van der Waals surface area contributed by atoms with E-state index < -0.39 is 0 Å². The van der Waals surface area contributed by atoms with E-state index in [4.69, 9.17) is 0 Å². The van der Waals surface area contributed by atoms with Crippen molar-refractivity contribution in [2.45, 2.75) is 0 Å². The molecule has 0 fully saturated rings. The number of nitrogens with zero attached hydrogens (tertiary/aromatic N) is 2. The predicted octanol–water partition coefficient (Wildman–Crippen LogP) is 1.54. The molecular weight excluding hydrogens is 124 g/mol. The van der Waals surface area contributed by atoms with Crippen LogP contribution in [-0.2, 0) is 7.05 Å². The lowest BCUT2D eigenvalue weighted by molar-refractivity contribution is 0.906. The van der Waals surface area contributed by atoms with Crippen LogP contribution in [0.5, 0.6) is 0 Å². The van der Waals surface area contributed by atoms with E-state index in [0.29, 0.717) is 0 Å². The highest BCUT2D eigenvalue weighted by atomic mass is 14.9. The summed E-state index contributed by atoms with van der Waals surface area (Å²) in [5.74, 6) is 0. The van der Waals surface area contributed by atoms with Crippen molar-refractivity contribution in [1.82, 2.24) is 9.55 Å². The summed E-state index contributed by atoms with van der Waals surface area (Å²) >= 11 is 0. The molecule has 0 bridgehead atoms. The van der Waals surface area contributed by atoms with E-state index in [9.17, 15) is 0 Å². The van der Waals surface area contributed by atoms with E-state index in [0.717, 1.165) is 0 Å². The van der Waals surface area contributed by atoms with Gasteiger partial charge in [-0.15, -0.1) is 0 Å². The average molecular weight is 134 g/mol. The first-order chi connectivity index (χ1) is 4.89. The van der Waals surface area contributed by atoms with E-state index in [-0.39, 0.29) is 0 Å². The molecule has 0 unspecified atom stereocenters. The van der Waals surface area contributed by atoms with Gasteiger partial charge in [0.2, 0.25) is 0 Å². The maximum absolute atomic E-state index is 3.97. The van der Waals surface area contributed by atoms with Crippen molar-refractivity contribution in [3.05, 3.63) is 43.0 Å². The summed E-state index contributed by atoms with van der Waals surface area (Å²) in [5.41, 5.74) is 0. The normalized spacial score (nSPS) is 8.50. The third kappa shape index (κ3) is 2.31. The minimum atomic E-state index is 1.75. The zero-order chi connectivity index (χ0) is 7.23. The quantitative estimate of drug-likeness (QED) is 0.526. The van der Waals surface area contributed by atoms with Gasteiger partial charge < -0.3 is 4.57 Å². The summed E-state index contributed by atoms with van der Waals surface area (Å²) in [4.78, 5) is 3.97. The Hall–Kier alpha value is -1.31. The van der Waals surface area contributed by atoms with Crippen molar-refractivity contribution in [2.24, 2.45) is 7.05 Å². The standard InChI is InChI=1S/C8H10N2/c1-10-7-4-2-3-5-9-6-8-10/h2-8H,1H3. The number of rotatable bonds is 0. The molecule has 0 aliphatic rings. The minimum Gasteiger partial charge on any atom is -0.356 e. The zero-order valence-electron chi connectivity index (χ0n) is 5.94. The molecule has 2 nitrogen and oxygen atoms in total. The van der Waals surface area contributed by atoms with Crippen molar-refractivity contribution < 1.29 is 0 Å². The van der Waals surface area contributed by atoms with E-state index in [1.54, 1.807) is 12.4 Å². The van der Waals surface area contributed by atoms with Gasteiger partial charge in [0.25, 0.3) is 0 Å². The first-order valence-electron chi connectivity index (χ1n) is 3.15. The molecule has 0 spiro atoms. The van der Waals surface area contributed by atoms with Crippen molar-refractivity contribution >= 4 is 0 Å². The molecule has 0 aromatic carbocycles. The van der Waals surface area contributed by atoms with Crippen molar-refractivity contribution in [2.75, 3.05) is 0 Å². The maximum Gasteiger partial charge on any atom is 0.0429 e. The highest BCUT2D eigenvalue weighted by Crippen LogP contribution is 1.77. The van der Waals surface area contributed by atoms with E-state index in [1.807, 2.05) is 42.2 Å². The largest absolute Gasteiger partial charge is 0.356 e. The topological polar surface area (TPSA) is 17.8 Å². The van der Waals surface area contributed by atoms with Gasteiger partial charge in [0.15, 0.2) is 0 Å². The second-order valence-corrected chi connectivity index (χ2v) is 1.99. The molecule has 0 aliphatic carbocycles. The SMILES string of the molecule is Cn1cccccncc1. The Balaban J connectivity index is 3.13. The van der Waals surface area contributed by atoms with E-state index in [2.05, 4.69) is 4.98 Å². The second-order valence-electron chi connectivity index (χ2n) is 1.99. The highest BCUT2D eigenvalue weighted by Gasteiger charge is 1.65. The van der Waals surface area contributed by atoms with Crippen LogP contribution < -0.4 is 0 Å². The molecule has 2 heteroatoms. The van der Waals surface area contributed by atoms with Crippen LogP contribution in [0.4, 0.5) is 0 Å². The van der Waals surface area contributed by atoms with Crippen molar-refractivity contribution in [3.8, 4) is 0 Å². The summed E-state index contributed by atoms with van der Waals surface area (Å²) in [6.07, 6.45) is 7.35. The van der Waals surface area contributed by atoms with Crippen LogP contribution in [0.2, 0.25) is 0 Å². The van der Waals surface area contributed by atoms with Gasteiger partial charge in [0.05, 0.1) is 0 Å². The molecule has 0 amide bonds. The van der Waals surface area contributed by atoms with Gasteiger partial charge in [-0.1, -0.05) is 6.07 Å². The summed E-state index contributed by atoms with van der Waals surface area (Å²) < 4.78 is 1.94. The molecule has 0 saturated carbocycles. The maximum atomic E-state index is 3.97. The van der Waals surface area contributed by atoms with Crippen molar-refractivity contribution in [3.63, 3.8) is 0 Å². The highest BCUT2D eigenvalue weighted by molar-refractivity contribution is 4.87. The Kier molecular flexibility index (Phi) is 2.49. The smallest absolute Gasteiger partial charge is 0.0429 e. The van der Waals surface area contributed by atoms with Crippen LogP contribution in [0.3, 0.4) is 0 Å². The Bertz CT molecular complexity index is 215. The lowest BCUT2D eigenvalue weighted by Gasteiger charge is -1.85. The molecule has 10 heavy (non-hydrogen) atoms. The van der Waals surface area contributed by atoms with Gasteiger partial charge in [-0.25, -0.2) is 0 Å². The molecule has 1 heterocycles. The Labute approximate surface area is 60.5 Å². The predicted molar refractivity (Wildman–Crippen MR) is 40.8 cm³/mol. The van der Waals surface area contributed by atoms with Crippen LogP contribution >= 0.6 is 0 Å². The molecule has 1 aromatic heterocycles. The number of hydrogen-bond donors (Lipinski definition) is 0. The fraction of sp³-hybridized carbons (Fsp3) is 0.125. The summed E-state index contributed by atoms with van der Waals surface area (Å²) in [7, 11) is 1.96. The zero-order valence-corrected chi connectivity index (χ0v) is 5.94. The monoisotopic (exact) mass is 134 g/mol. The van der Waals surface area contributed by atoms with Crippen LogP contribution in [0.25, 0.3) is 0 Å². The average Bonchev–Trinajstić information content (AvgIpc) is 2.02. The molecule has 0 atom stereocenters. The Morgan fingerprint density at radius 2 is 1.90 bits per heavy atom. The first kappa shape index (κ1) is 6.81. The van der Waals surface area contributed by atoms with Crippen LogP contribution in [-0.4, -0.2) is 9.55 Å². The molecular formula is C8H10N2. The number of hydrogen-bond acceptors (Lipinski definition) is 1. The molecule has 0 aliphatic heterocycles. The Morgan fingerprint density at radius 1 is 1.00 bits per heavy atom. The summed E-state index contributed by atoms with van der Waals surface area (Å²) in [6.45, 7) is 0. The Morgan fingerprint density at radius 3 is 2.80 bits per heavy atom. The molecule has 0 N–H and O–H groups in total. The fourth-order valence-electron chi connectivity index (χ4n) is 0.592. The number of aromatic nitrogens is 2. The molecule has 1 rings (SSSR count). The van der Waals surface area contributed by atoms with Crippen LogP contribution in [0.1, 0.15) is 0 Å². The van der Waals surface area contributed by atoms with Gasteiger partial charge in [0.1, 0.15) is 0 Å². The van der Waals surface area contributed by atoms with Gasteiger partial charge in [-0.3, -0.25) is 4.98 Å². The van der Waals surface area contributed by atoms with Gasteiger partial charge in [-0.2, -0.15) is 0 Å². The molecule has 1 aromatic rings.